The highest BCUT2D eigenvalue weighted by atomic mass is 16.5. The molecule has 0 radical (unpaired) electrons. The van der Waals surface area contributed by atoms with E-state index in [4.69, 9.17) is 9.47 Å². The van der Waals surface area contributed by atoms with Crippen LogP contribution in [0.4, 0.5) is 0 Å². The highest BCUT2D eigenvalue weighted by molar-refractivity contribution is 6.03. The number of hydrogen-bond acceptors (Lipinski definition) is 5. The summed E-state index contributed by atoms with van der Waals surface area (Å²) in [6.07, 6.45) is 3.56. The maximum absolute atomic E-state index is 12.3. The van der Waals surface area contributed by atoms with E-state index in [0.29, 0.717) is 23.7 Å². The molecule has 0 aliphatic heterocycles. The number of methoxy groups -OCH3 is 1. The molecule has 0 aliphatic carbocycles. The Morgan fingerprint density at radius 1 is 1.00 bits per heavy atom. The van der Waals surface area contributed by atoms with Crippen molar-refractivity contribution in [2.45, 2.75) is 19.8 Å². The number of nitrogens with one attached hydrogen (secondary N) is 2. The first-order valence-corrected chi connectivity index (χ1v) is 10.5. The maximum atomic E-state index is 12.3. The molecule has 2 amide bonds. The Labute approximate surface area is 187 Å². The van der Waals surface area contributed by atoms with Crippen LogP contribution in [-0.2, 0) is 4.79 Å². The minimum absolute atomic E-state index is 0.219. The van der Waals surface area contributed by atoms with Gasteiger partial charge < -0.3 is 14.8 Å². The first-order valence-electron chi connectivity index (χ1n) is 10.5. The number of fused-ring (bicyclic) bond motifs is 1. The van der Waals surface area contributed by atoms with Gasteiger partial charge in [-0.25, -0.2) is 5.43 Å². The molecule has 0 fully saturated rings. The summed E-state index contributed by atoms with van der Waals surface area (Å²) in [5.41, 5.74) is 3.60. The van der Waals surface area contributed by atoms with Gasteiger partial charge in [-0.1, -0.05) is 55.8 Å². The third-order valence-electron chi connectivity index (χ3n) is 4.83. The second-order valence-corrected chi connectivity index (χ2v) is 7.08. The summed E-state index contributed by atoms with van der Waals surface area (Å²) in [6, 6.07) is 18.6. The Morgan fingerprint density at radius 3 is 2.59 bits per heavy atom. The third kappa shape index (κ3) is 5.85. The van der Waals surface area contributed by atoms with Gasteiger partial charge in [0.25, 0.3) is 11.8 Å². The van der Waals surface area contributed by atoms with Gasteiger partial charge in [0, 0.05) is 5.56 Å². The number of carbonyl (C=O) groups excluding carboxylic acids is 2. The normalized spacial score (nSPS) is 10.8. The zero-order valence-electron chi connectivity index (χ0n) is 18.3. The van der Waals surface area contributed by atoms with Gasteiger partial charge in [-0.15, -0.1) is 0 Å². The highest BCUT2D eigenvalue weighted by Gasteiger charge is 2.12. The van der Waals surface area contributed by atoms with E-state index in [0.717, 1.165) is 29.2 Å². The summed E-state index contributed by atoms with van der Waals surface area (Å²) in [4.78, 5) is 24.5. The van der Waals surface area contributed by atoms with Crippen LogP contribution in [0, 0.1) is 0 Å². The number of nitrogens with zero attached hydrogens (tertiary/aromatic N) is 1. The topological polar surface area (TPSA) is 89.0 Å². The molecule has 2 N–H and O–H groups in total. The van der Waals surface area contributed by atoms with Gasteiger partial charge in [0.1, 0.15) is 11.5 Å². The number of para-hydroxylation sites is 1. The maximum Gasteiger partial charge on any atom is 0.259 e. The quantitative estimate of drug-likeness (QED) is 0.288. The van der Waals surface area contributed by atoms with Gasteiger partial charge in [0.2, 0.25) is 0 Å². The van der Waals surface area contributed by atoms with Crippen molar-refractivity contribution >= 4 is 28.8 Å². The smallest absolute Gasteiger partial charge is 0.259 e. The lowest BCUT2D eigenvalue weighted by atomic mass is 10.0. The third-order valence-corrected chi connectivity index (χ3v) is 4.83. The number of unbranched alkanes of at least 4 members (excludes halogenated alkanes) is 1. The first-order chi connectivity index (χ1) is 15.6. The first kappa shape index (κ1) is 22.8. The lowest BCUT2D eigenvalue weighted by Gasteiger charge is -2.11. The van der Waals surface area contributed by atoms with E-state index < -0.39 is 11.8 Å². The zero-order valence-corrected chi connectivity index (χ0v) is 18.3. The lowest BCUT2D eigenvalue weighted by molar-refractivity contribution is -0.120. The lowest BCUT2D eigenvalue weighted by Crippen LogP contribution is -2.35. The minimum atomic E-state index is -0.446. The van der Waals surface area contributed by atoms with Crippen LogP contribution in [0.5, 0.6) is 11.5 Å². The summed E-state index contributed by atoms with van der Waals surface area (Å²) >= 11 is 0. The Hall–Kier alpha value is -3.87. The second-order valence-electron chi connectivity index (χ2n) is 7.08. The van der Waals surface area contributed by atoms with Crippen LogP contribution >= 0.6 is 0 Å². The molecule has 3 aromatic rings. The minimum Gasteiger partial charge on any atom is -0.496 e. The van der Waals surface area contributed by atoms with E-state index in [2.05, 4.69) is 22.8 Å². The molecular formula is C25H27N3O4. The van der Waals surface area contributed by atoms with Gasteiger partial charge in [-0.3, -0.25) is 9.59 Å². The van der Waals surface area contributed by atoms with Crippen molar-refractivity contribution in [2.24, 2.45) is 5.10 Å². The largest absolute Gasteiger partial charge is 0.496 e. The van der Waals surface area contributed by atoms with Crippen LogP contribution in [-0.4, -0.2) is 38.3 Å². The van der Waals surface area contributed by atoms with Gasteiger partial charge in [0.15, 0.2) is 0 Å². The Balaban J connectivity index is 1.65. The number of benzene rings is 3. The summed E-state index contributed by atoms with van der Waals surface area (Å²) in [5.74, 6) is 0.301. The average Bonchev–Trinajstić information content (AvgIpc) is 2.83. The van der Waals surface area contributed by atoms with E-state index >= 15 is 0 Å². The molecule has 3 aromatic carbocycles. The predicted octanol–water partition coefficient (Wildman–Crippen LogP) is 3.91. The van der Waals surface area contributed by atoms with Crippen LogP contribution < -0.4 is 20.2 Å². The molecule has 7 nitrogen and oxygen atoms in total. The number of rotatable bonds is 10. The summed E-state index contributed by atoms with van der Waals surface area (Å²) in [6.45, 7) is 2.49. The molecular weight excluding hydrogens is 406 g/mol. The summed E-state index contributed by atoms with van der Waals surface area (Å²) in [5, 5.41) is 8.68. The molecule has 0 saturated carbocycles. The number of carbonyl (C=O) groups is 2. The molecule has 0 aromatic heterocycles. The van der Waals surface area contributed by atoms with Gasteiger partial charge in [0.05, 0.1) is 32.0 Å². The Bertz CT molecular complexity index is 1110. The van der Waals surface area contributed by atoms with Crippen LogP contribution in [0.25, 0.3) is 10.8 Å². The molecule has 0 aliphatic rings. The van der Waals surface area contributed by atoms with Crippen LogP contribution in [0.15, 0.2) is 65.8 Å². The van der Waals surface area contributed by atoms with Crippen molar-refractivity contribution in [3.63, 3.8) is 0 Å². The molecule has 0 unspecified atom stereocenters. The van der Waals surface area contributed by atoms with Crippen molar-refractivity contribution < 1.29 is 19.1 Å². The molecule has 0 heterocycles. The fourth-order valence-corrected chi connectivity index (χ4v) is 3.16. The van der Waals surface area contributed by atoms with Gasteiger partial charge >= 0.3 is 0 Å². The second kappa shape index (κ2) is 11.5. The van der Waals surface area contributed by atoms with Crippen molar-refractivity contribution in [2.75, 3.05) is 20.3 Å². The molecule has 7 heteroatoms. The molecule has 166 valence electrons. The Kier molecular flexibility index (Phi) is 8.20. The van der Waals surface area contributed by atoms with E-state index in [-0.39, 0.29) is 6.54 Å². The van der Waals surface area contributed by atoms with E-state index in [9.17, 15) is 9.59 Å². The van der Waals surface area contributed by atoms with Crippen LogP contribution in [0.2, 0.25) is 0 Å². The molecule has 3 rings (SSSR count). The van der Waals surface area contributed by atoms with Crippen molar-refractivity contribution in [1.82, 2.24) is 10.7 Å². The fourth-order valence-electron chi connectivity index (χ4n) is 3.16. The summed E-state index contributed by atoms with van der Waals surface area (Å²) in [7, 11) is 1.49. The molecule has 0 saturated heterocycles. The monoisotopic (exact) mass is 433 g/mol. The zero-order chi connectivity index (χ0) is 22.8. The van der Waals surface area contributed by atoms with Crippen molar-refractivity contribution in [3.05, 3.63) is 71.8 Å². The van der Waals surface area contributed by atoms with Crippen LogP contribution in [0.1, 0.15) is 35.7 Å². The Morgan fingerprint density at radius 2 is 1.78 bits per heavy atom. The molecule has 0 bridgehead atoms. The van der Waals surface area contributed by atoms with Crippen molar-refractivity contribution in [3.8, 4) is 11.5 Å². The number of hydrazone groups is 1. The number of amides is 2. The molecule has 0 spiro atoms. The molecule has 0 atom stereocenters. The number of ether oxygens (including phenoxy) is 2. The number of hydrogen-bond donors (Lipinski definition) is 2. The van der Waals surface area contributed by atoms with Crippen molar-refractivity contribution in [1.29, 1.82) is 0 Å². The average molecular weight is 434 g/mol. The van der Waals surface area contributed by atoms with E-state index in [1.807, 2.05) is 36.4 Å². The highest BCUT2D eigenvalue weighted by Crippen LogP contribution is 2.27. The van der Waals surface area contributed by atoms with E-state index in [1.165, 1.54) is 7.11 Å². The SMILES string of the molecule is CCCCOc1ccc2ccccc2c1C=NNC(=O)CNC(=O)c1ccccc1OC. The predicted molar refractivity (Wildman–Crippen MR) is 125 cm³/mol. The van der Waals surface area contributed by atoms with Crippen LogP contribution in [0.3, 0.4) is 0 Å². The van der Waals surface area contributed by atoms with E-state index in [1.54, 1.807) is 30.5 Å². The summed E-state index contributed by atoms with van der Waals surface area (Å²) < 4.78 is 11.1. The fraction of sp³-hybridized carbons (Fsp3) is 0.240. The van der Waals surface area contributed by atoms with Gasteiger partial charge in [-0.05, 0) is 35.4 Å². The van der Waals surface area contributed by atoms with Gasteiger partial charge in [-0.2, -0.15) is 5.10 Å². The molecule has 32 heavy (non-hydrogen) atoms. The standard InChI is InChI=1S/C25H27N3O4/c1-3-4-15-32-23-14-13-18-9-5-6-10-19(18)21(23)16-27-28-24(29)17-26-25(30)20-11-7-8-12-22(20)31-2/h5-14,16H,3-4,15,17H2,1-2H3,(H,26,30)(H,28,29).